The number of oxime groups is 1. The van der Waals surface area contributed by atoms with Crippen molar-refractivity contribution in [3.8, 4) is 0 Å². The fourth-order valence-electron chi connectivity index (χ4n) is 2.25. The van der Waals surface area contributed by atoms with E-state index < -0.39 is 4.92 Å². The second kappa shape index (κ2) is 8.61. The Morgan fingerprint density at radius 2 is 2.00 bits per heavy atom. The molecule has 0 spiro atoms. The Hall–Kier alpha value is -2.97. The second-order valence-corrected chi connectivity index (χ2v) is 6.30. The third kappa shape index (κ3) is 5.02. The Morgan fingerprint density at radius 3 is 2.63 bits per heavy atom. The predicted molar refractivity (Wildman–Crippen MR) is 101 cm³/mol. The summed E-state index contributed by atoms with van der Waals surface area (Å²) >= 11 is 12.2. The SMILES string of the molecule is O=[N+]([O-])c1ccc(CO/N=C(\Cn2cncn2)c2ccc(Cl)cc2Cl)cc1. The number of hydrogen-bond acceptors (Lipinski definition) is 6. The largest absolute Gasteiger partial charge is 0.391 e. The van der Waals surface area contributed by atoms with Crippen molar-refractivity contribution in [3.05, 3.63) is 86.4 Å². The normalized spacial score (nSPS) is 11.4. The zero-order chi connectivity index (χ0) is 19.2. The smallest absolute Gasteiger partial charge is 0.269 e. The van der Waals surface area contributed by atoms with Crippen molar-refractivity contribution >= 4 is 34.6 Å². The quantitative estimate of drug-likeness (QED) is 0.334. The lowest BCUT2D eigenvalue weighted by Crippen LogP contribution is -2.13. The molecule has 0 aliphatic carbocycles. The van der Waals surface area contributed by atoms with E-state index in [1.54, 1.807) is 41.3 Å². The molecule has 0 saturated heterocycles. The summed E-state index contributed by atoms with van der Waals surface area (Å²) in [6.45, 7) is 0.436. The van der Waals surface area contributed by atoms with Gasteiger partial charge in [0.2, 0.25) is 0 Å². The maximum absolute atomic E-state index is 10.7. The molecular formula is C17H13Cl2N5O3. The van der Waals surface area contributed by atoms with Gasteiger partial charge in [0.25, 0.3) is 5.69 Å². The van der Waals surface area contributed by atoms with Gasteiger partial charge in [-0.15, -0.1) is 0 Å². The molecule has 1 heterocycles. The van der Waals surface area contributed by atoms with Crippen LogP contribution in [0.2, 0.25) is 10.0 Å². The topological polar surface area (TPSA) is 95.4 Å². The predicted octanol–water partition coefficient (Wildman–Crippen LogP) is 4.11. The minimum absolute atomic E-state index is 0.0158. The van der Waals surface area contributed by atoms with Gasteiger partial charge in [0.05, 0.1) is 16.5 Å². The van der Waals surface area contributed by atoms with Crippen LogP contribution in [0.25, 0.3) is 0 Å². The van der Waals surface area contributed by atoms with E-state index in [1.165, 1.54) is 18.5 Å². The van der Waals surface area contributed by atoms with Crippen LogP contribution < -0.4 is 0 Å². The fraction of sp³-hybridized carbons (Fsp3) is 0.118. The second-order valence-electron chi connectivity index (χ2n) is 5.45. The number of non-ortho nitro benzene ring substituents is 1. The average Bonchev–Trinajstić information content (AvgIpc) is 3.14. The maximum Gasteiger partial charge on any atom is 0.269 e. The molecule has 8 nitrogen and oxygen atoms in total. The van der Waals surface area contributed by atoms with E-state index in [4.69, 9.17) is 28.0 Å². The van der Waals surface area contributed by atoms with Crippen molar-refractivity contribution in [3.63, 3.8) is 0 Å². The van der Waals surface area contributed by atoms with Crippen molar-refractivity contribution in [2.75, 3.05) is 0 Å². The third-order valence-electron chi connectivity index (χ3n) is 3.57. The molecule has 138 valence electrons. The van der Waals surface area contributed by atoms with Crippen LogP contribution in [0.5, 0.6) is 0 Å². The molecule has 10 heteroatoms. The maximum atomic E-state index is 10.7. The summed E-state index contributed by atoms with van der Waals surface area (Å²) in [4.78, 5) is 19.6. The van der Waals surface area contributed by atoms with Crippen molar-refractivity contribution in [2.24, 2.45) is 5.16 Å². The first-order valence-electron chi connectivity index (χ1n) is 7.73. The highest BCUT2D eigenvalue weighted by atomic mass is 35.5. The molecule has 0 N–H and O–H groups in total. The summed E-state index contributed by atoms with van der Waals surface area (Å²) in [6.07, 6.45) is 2.97. The third-order valence-corrected chi connectivity index (χ3v) is 4.12. The minimum Gasteiger partial charge on any atom is -0.391 e. The average molecular weight is 406 g/mol. The summed E-state index contributed by atoms with van der Waals surface area (Å²) in [5.74, 6) is 0. The molecule has 0 saturated carbocycles. The van der Waals surface area contributed by atoms with Crippen LogP contribution in [-0.2, 0) is 18.0 Å². The molecule has 0 aliphatic rings. The first-order valence-corrected chi connectivity index (χ1v) is 8.48. The number of nitrogens with zero attached hydrogens (tertiary/aromatic N) is 5. The lowest BCUT2D eigenvalue weighted by atomic mass is 10.1. The molecule has 0 atom stereocenters. The fourth-order valence-corrected chi connectivity index (χ4v) is 2.77. The minimum atomic E-state index is -0.457. The number of rotatable bonds is 7. The molecule has 27 heavy (non-hydrogen) atoms. The van der Waals surface area contributed by atoms with Crippen molar-refractivity contribution in [1.29, 1.82) is 0 Å². The van der Waals surface area contributed by atoms with Gasteiger partial charge in [-0.2, -0.15) is 5.10 Å². The van der Waals surface area contributed by atoms with E-state index in [9.17, 15) is 10.1 Å². The summed E-state index contributed by atoms with van der Waals surface area (Å²) in [5, 5.41) is 19.9. The summed E-state index contributed by atoms with van der Waals surface area (Å²) in [5.41, 5.74) is 1.94. The van der Waals surface area contributed by atoms with Gasteiger partial charge in [0, 0.05) is 22.7 Å². The van der Waals surface area contributed by atoms with Crippen molar-refractivity contribution in [2.45, 2.75) is 13.2 Å². The van der Waals surface area contributed by atoms with Gasteiger partial charge in [-0.05, 0) is 35.9 Å². The lowest BCUT2D eigenvalue weighted by molar-refractivity contribution is -0.384. The first kappa shape index (κ1) is 18.8. The van der Waals surface area contributed by atoms with E-state index in [1.807, 2.05) is 0 Å². The Bertz CT molecular complexity index is 959. The van der Waals surface area contributed by atoms with Crippen molar-refractivity contribution < 1.29 is 9.76 Å². The molecule has 3 aromatic rings. The van der Waals surface area contributed by atoms with Crippen LogP contribution in [0.4, 0.5) is 5.69 Å². The standard InChI is InChI=1S/C17H13Cl2N5O3/c18-13-3-6-15(16(19)7-13)17(8-23-11-20-10-21-23)22-27-9-12-1-4-14(5-2-12)24(25)26/h1-7,10-11H,8-9H2/b22-17+. The van der Waals surface area contributed by atoms with Crippen LogP contribution in [0.15, 0.2) is 60.3 Å². The molecule has 0 bridgehead atoms. The van der Waals surface area contributed by atoms with Gasteiger partial charge in [-0.3, -0.25) is 10.1 Å². The van der Waals surface area contributed by atoms with Gasteiger partial charge < -0.3 is 4.84 Å². The molecule has 0 unspecified atom stereocenters. The summed E-state index contributed by atoms with van der Waals surface area (Å²) in [7, 11) is 0. The van der Waals surface area contributed by atoms with Crippen LogP contribution in [0.1, 0.15) is 11.1 Å². The van der Waals surface area contributed by atoms with Crippen LogP contribution in [0, 0.1) is 10.1 Å². The number of aromatic nitrogens is 3. The van der Waals surface area contributed by atoms with Gasteiger partial charge in [-0.1, -0.05) is 28.4 Å². The molecule has 3 rings (SSSR count). The zero-order valence-corrected chi connectivity index (χ0v) is 15.3. The highest BCUT2D eigenvalue weighted by molar-refractivity contribution is 6.37. The molecule has 0 amide bonds. The highest BCUT2D eigenvalue weighted by Crippen LogP contribution is 2.22. The number of nitro benzene ring substituents is 1. The Morgan fingerprint density at radius 1 is 1.22 bits per heavy atom. The van der Waals surface area contributed by atoms with E-state index >= 15 is 0 Å². The Labute approximate surface area is 164 Å². The summed E-state index contributed by atoms with van der Waals surface area (Å²) < 4.78 is 1.58. The monoisotopic (exact) mass is 405 g/mol. The number of halogens is 2. The number of hydrogen-bond donors (Lipinski definition) is 0. The summed E-state index contributed by atoms with van der Waals surface area (Å²) in [6, 6.07) is 11.1. The van der Waals surface area contributed by atoms with Crippen LogP contribution in [-0.4, -0.2) is 25.4 Å². The van der Waals surface area contributed by atoms with E-state index in [-0.39, 0.29) is 12.3 Å². The van der Waals surface area contributed by atoms with E-state index in [2.05, 4.69) is 15.2 Å². The van der Waals surface area contributed by atoms with Gasteiger partial charge >= 0.3 is 0 Å². The molecule has 1 aromatic heterocycles. The van der Waals surface area contributed by atoms with Crippen LogP contribution >= 0.6 is 23.2 Å². The lowest BCUT2D eigenvalue weighted by Gasteiger charge is -2.09. The Balaban J connectivity index is 1.78. The first-order chi connectivity index (χ1) is 13.0. The molecule has 0 fully saturated rings. The van der Waals surface area contributed by atoms with Crippen molar-refractivity contribution in [1.82, 2.24) is 14.8 Å². The number of benzene rings is 2. The van der Waals surface area contributed by atoms with Gasteiger partial charge in [-0.25, -0.2) is 9.67 Å². The molecule has 0 radical (unpaired) electrons. The van der Waals surface area contributed by atoms with E-state index in [0.717, 1.165) is 5.56 Å². The van der Waals surface area contributed by atoms with E-state index in [0.29, 0.717) is 27.9 Å². The molecule has 0 aliphatic heterocycles. The van der Waals surface area contributed by atoms with Gasteiger partial charge in [0.15, 0.2) is 0 Å². The van der Waals surface area contributed by atoms with Gasteiger partial charge in [0.1, 0.15) is 25.0 Å². The Kier molecular flexibility index (Phi) is 6.00. The zero-order valence-electron chi connectivity index (χ0n) is 13.8. The molecular weight excluding hydrogens is 393 g/mol. The highest BCUT2D eigenvalue weighted by Gasteiger charge is 2.12. The van der Waals surface area contributed by atoms with Crippen LogP contribution in [0.3, 0.4) is 0 Å². The molecule has 2 aromatic carbocycles. The number of nitro groups is 1.